The zero-order chi connectivity index (χ0) is 21.5. The molecule has 0 spiro atoms. The molecule has 2 heterocycles. The number of hydrogen-bond acceptors (Lipinski definition) is 4. The van der Waals surface area contributed by atoms with E-state index in [1.807, 2.05) is 19.9 Å². The molecule has 5 unspecified atom stereocenters. The van der Waals surface area contributed by atoms with Gasteiger partial charge in [-0.05, 0) is 93.0 Å². The van der Waals surface area contributed by atoms with Gasteiger partial charge < -0.3 is 21.1 Å². The van der Waals surface area contributed by atoms with Gasteiger partial charge in [0.15, 0.2) is 0 Å². The first-order valence-corrected chi connectivity index (χ1v) is 12.2. The van der Waals surface area contributed by atoms with Gasteiger partial charge in [0.05, 0.1) is 0 Å². The minimum absolute atomic E-state index is 0.0789. The van der Waals surface area contributed by atoms with E-state index in [-0.39, 0.29) is 22.9 Å². The van der Waals surface area contributed by atoms with Crippen LogP contribution in [0.1, 0.15) is 50.7 Å². The number of aromatic hydroxyl groups is 1. The summed E-state index contributed by atoms with van der Waals surface area (Å²) < 4.78 is 0. The molecule has 2 saturated heterocycles. The Morgan fingerprint density at radius 2 is 2.19 bits per heavy atom. The lowest BCUT2D eigenvalue weighted by molar-refractivity contribution is -0.0992. The topological polar surface area (TPSA) is 81.8 Å². The van der Waals surface area contributed by atoms with Crippen LogP contribution >= 0.6 is 0 Å². The number of urea groups is 1. The quantitative estimate of drug-likeness (QED) is 0.696. The maximum atomic E-state index is 13.1. The second-order valence-electron chi connectivity index (χ2n) is 11.1. The predicted octanol–water partition coefficient (Wildman–Crippen LogP) is 2.44. The summed E-state index contributed by atoms with van der Waals surface area (Å²) in [5.41, 5.74) is 9.18. The Hall–Kier alpha value is -1.79. The molecular formula is C25H36N4O2. The third-order valence-electron chi connectivity index (χ3n) is 9.67. The number of nitrogens with one attached hydrogen (secondary N) is 1. The van der Waals surface area contributed by atoms with Gasteiger partial charge in [0.1, 0.15) is 5.75 Å². The Morgan fingerprint density at radius 1 is 1.35 bits per heavy atom. The van der Waals surface area contributed by atoms with Crippen molar-refractivity contribution in [2.24, 2.45) is 23.0 Å². The summed E-state index contributed by atoms with van der Waals surface area (Å²) in [7, 11) is 0. The Labute approximate surface area is 185 Å². The number of piperidine rings is 1. The number of likely N-dealkylation sites (tertiary alicyclic amines) is 2. The molecule has 2 aliphatic heterocycles. The predicted molar refractivity (Wildman–Crippen MR) is 120 cm³/mol. The minimum atomic E-state index is 0.0789. The van der Waals surface area contributed by atoms with Crippen LogP contribution in [0.3, 0.4) is 0 Å². The van der Waals surface area contributed by atoms with Gasteiger partial charge in [0.25, 0.3) is 0 Å². The van der Waals surface area contributed by atoms with Gasteiger partial charge in [-0.3, -0.25) is 4.90 Å². The van der Waals surface area contributed by atoms with Crippen LogP contribution in [0.5, 0.6) is 5.75 Å². The molecule has 168 valence electrons. The van der Waals surface area contributed by atoms with E-state index in [2.05, 4.69) is 27.2 Å². The Bertz CT molecular complexity index is 919. The van der Waals surface area contributed by atoms with E-state index in [1.165, 1.54) is 24.0 Å². The molecule has 6 nitrogen and oxygen atoms in total. The monoisotopic (exact) mass is 424 g/mol. The third-order valence-corrected chi connectivity index (χ3v) is 9.67. The van der Waals surface area contributed by atoms with Crippen molar-refractivity contribution in [1.29, 1.82) is 0 Å². The van der Waals surface area contributed by atoms with E-state index < -0.39 is 0 Å². The van der Waals surface area contributed by atoms with E-state index in [1.54, 1.807) is 0 Å². The van der Waals surface area contributed by atoms with Gasteiger partial charge in [-0.25, -0.2) is 4.79 Å². The second kappa shape index (κ2) is 6.61. The van der Waals surface area contributed by atoms with Gasteiger partial charge >= 0.3 is 6.03 Å². The van der Waals surface area contributed by atoms with Crippen molar-refractivity contribution in [2.45, 2.75) is 69.5 Å². The number of carbonyl (C=O) groups is 1. The van der Waals surface area contributed by atoms with E-state index in [0.29, 0.717) is 36.2 Å². The molecular weight excluding hydrogens is 388 g/mol. The fraction of sp³-hybridized carbons (Fsp3) is 0.720. The van der Waals surface area contributed by atoms with E-state index in [4.69, 9.17) is 5.73 Å². The third kappa shape index (κ3) is 2.38. The molecule has 5 aliphatic rings. The molecule has 31 heavy (non-hydrogen) atoms. The van der Waals surface area contributed by atoms with E-state index in [0.717, 1.165) is 38.9 Å². The van der Waals surface area contributed by atoms with Crippen LogP contribution in [0.2, 0.25) is 0 Å². The zero-order valence-corrected chi connectivity index (χ0v) is 18.8. The molecule has 4 N–H and O–H groups in total. The molecule has 6 rings (SSSR count). The summed E-state index contributed by atoms with van der Waals surface area (Å²) in [6.45, 7) is 7.72. The lowest BCUT2D eigenvalue weighted by atomic mass is 9.43. The summed E-state index contributed by atoms with van der Waals surface area (Å²) >= 11 is 0. The van der Waals surface area contributed by atoms with Crippen LogP contribution in [-0.2, 0) is 11.8 Å². The number of amides is 2. The number of hydrogen-bond donors (Lipinski definition) is 3. The highest BCUT2D eigenvalue weighted by Crippen LogP contribution is 2.75. The van der Waals surface area contributed by atoms with Crippen LogP contribution < -0.4 is 11.1 Å². The van der Waals surface area contributed by atoms with Crippen molar-refractivity contribution >= 4 is 6.03 Å². The molecule has 1 aromatic rings. The maximum Gasteiger partial charge on any atom is 0.317 e. The number of nitrogens with two attached hydrogens (primary N) is 1. The smallest absolute Gasteiger partial charge is 0.317 e. The van der Waals surface area contributed by atoms with Gasteiger partial charge in [-0.2, -0.15) is 0 Å². The molecule has 6 atom stereocenters. The molecule has 4 fully saturated rings. The van der Waals surface area contributed by atoms with Crippen LogP contribution in [-0.4, -0.2) is 65.2 Å². The number of fused-ring (bicyclic) bond motifs is 1. The zero-order valence-electron chi connectivity index (χ0n) is 18.8. The van der Waals surface area contributed by atoms with Crippen LogP contribution in [0.15, 0.2) is 18.2 Å². The first-order chi connectivity index (χ1) is 14.9. The molecule has 2 saturated carbocycles. The number of nitrogens with zero attached hydrogens (tertiary/aromatic N) is 2. The average Bonchev–Trinajstić information content (AvgIpc) is 3.16. The lowest BCUT2D eigenvalue weighted by Gasteiger charge is -2.66. The molecule has 2 amide bonds. The van der Waals surface area contributed by atoms with Gasteiger partial charge in [-0.1, -0.05) is 6.07 Å². The maximum absolute atomic E-state index is 13.1. The molecule has 3 aliphatic carbocycles. The fourth-order valence-corrected chi connectivity index (χ4v) is 9.09. The summed E-state index contributed by atoms with van der Waals surface area (Å²) in [4.78, 5) is 17.9. The highest BCUT2D eigenvalue weighted by molar-refractivity contribution is 5.75. The van der Waals surface area contributed by atoms with Crippen molar-refractivity contribution in [3.8, 4) is 5.75 Å². The largest absolute Gasteiger partial charge is 0.508 e. The fourth-order valence-electron chi connectivity index (χ4n) is 9.09. The van der Waals surface area contributed by atoms with Crippen molar-refractivity contribution in [3.63, 3.8) is 0 Å². The van der Waals surface area contributed by atoms with Crippen molar-refractivity contribution < 1.29 is 9.90 Å². The molecule has 0 radical (unpaired) electrons. The first-order valence-electron chi connectivity index (χ1n) is 12.2. The molecule has 1 aromatic carbocycles. The summed E-state index contributed by atoms with van der Waals surface area (Å²) in [6.07, 6.45) is 5.68. The Kier molecular flexibility index (Phi) is 4.24. The SMILES string of the molecule is CC(C)NC(=O)N1C[C@H]2CC34CCC1C2C31CCN(CCN)C4Cc2ccc(O)cc21. The van der Waals surface area contributed by atoms with Crippen LogP contribution in [0, 0.1) is 17.3 Å². The molecule has 4 bridgehead atoms. The lowest BCUT2D eigenvalue weighted by Crippen LogP contribution is -2.70. The van der Waals surface area contributed by atoms with Crippen molar-refractivity contribution in [2.75, 3.05) is 26.2 Å². The number of benzene rings is 1. The Morgan fingerprint density at radius 3 is 2.97 bits per heavy atom. The normalized spacial score (nSPS) is 40.1. The van der Waals surface area contributed by atoms with Crippen molar-refractivity contribution in [1.82, 2.24) is 15.1 Å². The van der Waals surface area contributed by atoms with Gasteiger partial charge in [0.2, 0.25) is 0 Å². The summed E-state index contributed by atoms with van der Waals surface area (Å²) in [6, 6.07) is 7.23. The first kappa shape index (κ1) is 19.9. The number of phenols is 1. The second-order valence-corrected chi connectivity index (χ2v) is 11.1. The van der Waals surface area contributed by atoms with Gasteiger partial charge in [0, 0.05) is 43.2 Å². The van der Waals surface area contributed by atoms with Crippen molar-refractivity contribution in [3.05, 3.63) is 29.3 Å². The van der Waals surface area contributed by atoms with Crippen LogP contribution in [0.25, 0.3) is 0 Å². The number of rotatable bonds is 3. The standard InChI is InChI=1S/C25H36N4O2/c1-15(2)27-23(31)29-14-17-13-24-6-5-20(29)22(17)25(24)7-9-28(10-8-26)21(24)11-16-3-4-18(30)12-19(16)25/h3-4,12,15,17,20-22,30H,5-11,13-14,26H2,1-2H3,(H,27,31)/t17-,20?,21?,22?,24?,25?/m1/s1. The number of phenolic OH excluding ortho intramolecular Hbond substituents is 1. The number of carbonyl (C=O) groups excluding carboxylic acids is 1. The van der Waals surface area contributed by atoms with E-state index >= 15 is 0 Å². The minimum Gasteiger partial charge on any atom is -0.508 e. The summed E-state index contributed by atoms with van der Waals surface area (Å²) in [5, 5.41) is 13.6. The Balaban J connectivity index is 1.48. The highest BCUT2D eigenvalue weighted by Gasteiger charge is 2.76. The molecule has 0 aromatic heterocycles. The molecule has 6 heteroatoms. The van der Waals surface area contributed by atoms with Gasteiger partial charge in [-0.15, -0.1) is 0 Å². The highest BCUT2D eigenvalue weighted by atomic mass is 16.3. The summed E-state index contributed by atoms with van der Waals surface area (Å²) in [5.74, 6) is 1.44. The van der Waals surface area contributed by atoms with Crippen LogP contribution in [0.4, 0.5) is 4.79 Å². The average molecular weight is 425 g/mol. The van der Waals surface area contributed by atoms with E-state index in [9.17, 15) is 9.90 Å².